The number of nitrogens with zero attached hydrogens (tertiary/aromatic N) is 6. The molecule has 2 aliphatic carbocycles. The number of ether oxygens (including phenoxy) is 2. The van der Waals surface area contributed by atoms with E-state index in [2.05, 4.69) is 58.9 Å². The van der Waals surface area contributed by atoms with Crippen LogP contribution in [-0.4, -0.2) is 89.9 Å². The molecule has 10 nitrogen and oxygen atoms in total. The summed E-state index contributed by atoms with van der Waals surface area (Å²) in [4.78, 5) is 37.3. The number of Topliss-reactive ketones (excluding diaryl/α,β-unsaturated/α-hetero) is 2. The van der Waals surface area contributed by atoms with Gasteiger partial charge in [-0.1, -0.05) is 18.2 Å². The second-order valence-electron chi connectivity index (χ2n) is 13.6. The third-order valence-corrected chi connectivity index (χ3v) is 10.4. The zero-order chi connectivity index (χ0) is 39.1. The molecule has 2 aromatic rings. The molecular formula is C38H42BClF3KN6O4. The molecule has 16 heteroatoms. The van der Waals surface area contributed by atoms with Gasteiger partial charge in [-0.05, 0) is 68.9 Å². The van der Waals surface area contributed by atoms with Crippen LogP contribution in [-0.2, 0) is 31.9 Å². The van der Waals surface area contributed by atoms with E-state index >= 15 is 0 Å². The van der Waals surface area contributed by atoms with Gasteiger partial charge < -0.3 is 32.2 Å². The number of allylic oxidation sites excluding steroid dienone is 2. The first-order valence-corrected chi connectivity index (χ1v) is 17.5. The minimum atomic E-state index is -4.72. The number of fused-ring (bicyclic) bond motifs is 2. The average molecular weight is 789 g/mol. The van der Waals surface area contributed by atoms with E-state index in [1.165, 1.54) is 0 Å². The number of nitriles is 2. The van der Waals surface area contributed by atoms with E-state index < -0.39 is 6.98 Å². The van der Waals surface area contributed by atoms with Crippen LogP contribution in [0, 0.1) is 22.7 Å². The predicted octanol–water partition coefficient (Wildman–Crippen LogP) is 3.74. The Kier molecular flexibility index (Phi) is 16.1. The second kappa shape index (κ2) is 19.2. The summed E-state index contributed by atoms with van der Waals surface area (Å²) in [7, 11) is 3.46. The number of carbonyl (C=O) groups is 2. The molecule has 0 bridgehead atoms. The van der Waals surface area contributed by atoms with E-state index in [0.717, 1.165) is 85.5 Å². The van der Waals surface area contributed by atoms with Crippen LogP contribution in [0.1, 0.15) is 67.5 Å². The van der Waals surface area contributed by atoms with Gasteiger partial charge in [0.25, 0.3) is 0 Å². The van der Waals surface area contributed by atoms with Crippen LogP contribution in [0.15, 0.2) is 54.8 Å². The maximum absolute atomic E-state index is 12.4. The number of rotatable bonds is 6. The van der Waals surface area contributed by atoms with Crippen LogP contribution < -0.4 is 51.4 Å². The fourth-order valence-electron chi connectivity index (χ4n) is 6.55. The maximum atomic E-state index is 12.4. The van der Waals surface area contributed by atoms with E-state index in [1.54, 1.807) is 38.8 Å². The van der Waals surface area contributed by atoms with E-state index in [9.17, 15) is 33.1 Å². The van der Waals surface area contributed by atoms with E-state index in [0.29, 0.717) is 10.9 Å². The first-order valence-electron chi connectivity index (χ1n) is 17.1. The molecule has 54 heavy (non-hydrogen) atoms. The number of pyridine rings is 2. The number of likely N-dealkylation sites (tertiary alicyclic amines) is 2. The molecule has 4 aliphatic rings. The number of aromatic nitrogens is 2. The summed E-state index contributed by atoms with van der Waals surface area (Å²) in [5, 5.41) is 19.4. The number of carbonyl (C=O) groups excluding carboxylic acids is 2. The molecule has 0 radical (unpaired) electrons. The fourth-order valence-corrected chi connectivity index (χ4v) is 6.71. The van der Waals surface area contributed by atoms with Crippen molar-refractivity contribution in [1.29, 1.82) is 10.5 Å². The molecule has 2 saturated heterocycles. The van der Waals surface area contributed by atoms with Crippen molar-refractivity contribution < 1.29 is 83.4 Å². The van der Waals surface area contributed by atoms with E-state index in [-0.39, 0.29) is 104 Å². The molecule has 2 aromatic heterocycles. The molecule has 0 saturated carbocycles. The molecule has 0 aromatic carbocycles. The number of ketones is 2. The molecule has 2 aliphatic heterocycles. The molecule has 4 heterocycles. The first kappa shape index (κ1) is 45.3. The summed E-state index contributed by atoms with van der Waals surface area (Å²) in [5.41, 5.74) is 5.85. The zero-order valence-corrected chi connectivity index (χ0v) is 35.2. The molecule has 0 atom stereocenters. The van der Waals surface area contributed by atoms with Crippen LogP contribution >= 0.6 is 11.6 Å². The average Bonchev–Trinajstić information content (AvgIpc) is 3.15. The van der Waals surface area contributed by atoms with Gasteiger partial charge >= 0.3 is 58.4 Å². The summed E-state index contributed by atoms with van der Waals surface area (Å²) >= 11 is 6.04. The topological polar surface area (TPSA) is 132 Å². The number of halogens is 4. The van der Waals surface area contributed by atoms with Gasteiger partial charge in [-0.3, -0.25) is 14.6 Å². The minimum Gasteiger partial charge on any atom is -0.445 e. The molecule has 0 N–H and O–H groups in total. The van der Waals surface area contributed by atoms with Gasteiger partial charge in [-0.2, -0.15) is 16.5 Å². The summed E-state index contributed by atoms with van der Waals surface area (Å²) in [5.74, 6) is -0.285. The summed E-state index contributed by atoms with van der Waals surface area (Å²) in [6.45, 7) is 8.74. The van der Waals surface area contributed by atoms with Crippen LogP contribution in [0.4, 0.5) is 12.9 Å². The van der Waals surface area contributed by atoms with Gasteiger partial charge in [-0.25, -0.2) is 4.98 Å². The minimum absolute atomic E-state index is 0. The van der Waals surface area contributed by atoms with Crippen molar-refractivity contribution in [3.63, 3.8) is 0 Å². The largest absolute Gasteiger partial charge is 1.00 e. The molecule has 0 amide bonds. The Morgan fingerprint density at radius 2 is 1.20 bits per heavy atom. The Morgan fingerprint density at radius 3 is 1.56 bits per heavy atom. The van der Waals surface area contributed by atoms with E-state index in [4.69, 9.17) is 21.1 Å². The Hall–Kier alpha value is -3.12. The van der Waals surface area contributed by atoms with Gasteiger partial charge in [0.1, 0.15) is 28.4 Å². The van der Waals surface area contributed by atoms with Gasteiger partial charge in [0, 0.05) is 76.8 Å². The number of methoxy groups -OCH3 is 2. The number of hydrogen-bond acceptors (Lipinski definition) is 10. The normalized spacial score (nSPS) is 18.6. The molecule has 0 unspecified atom stereocenters. The van der Waals surface area contributed by atoms with Gasteiger partial charge in [-0.15, -0.1) is 6.58 Å². The Morgan fingerprint density at radius 1 is 0.815 bits per heavy atom. The predicted molar refractivity (Wildman–Crippen MR) is 198 cm³/mol. The van der Waals surface area contributed by atoms with Gasteiger partial charge in [0.05, 0.1) is 28.3 Å². The van der Waals surface area contributed by atoms with Crippen molar-refractivity contribution in [3.05, 3.63) is 87.9 Å². The van der Waals surface area contributed by atoms with Crippen LogP contribution in [0.5, 0.6) is 0 Å². The standard InChI is InChI=1S/C19H21N3O2.C17H18ClN3O2.C2H3BF3.K/c1-4-14-10-15-13(12-21-14)9-17(23)16(11-20)18(15)22-7-5-19(2,24-3)6-8-22;1-17(23-2)3-5-21(6-4-17)16-12-8-15(18)20-10-11(12)7-14(22)13(16)9-19;1-2-3(4,5)6;/h4,10,12H,1,5-9H2,2-3H3;8,10H,3-7H2,1-2H3;2H,1H2;/q;;-1;+1. The third kappa shape index (κ3) is 10.8. The van der Waals surface area contributed by atoms with Crippen molar-refractivity contribution in [2.45, 2.75) is 63.6 Å². The van der Waals surface area contributed by atoms with Crippen molar-refractivity contribution in [2.75, 3.05) is 40.4 Å². The van der Waals surface area contributed by atoms with Gasteiger partial charge in [0.2, 0.25) is 0 Å². The van der Waals surface area contributed by atoms with E-state index in [1.807, 2.05) is 6.07 Å². The first-order chi connectivity index (χ1) is 25.0. The van der Waals surface area contributed by atoms with Crippen molar-refractivity contribution in [3.8, 4) is 12.1 Å². The third-order valence-electron chi connectivity index (χ3n) is 10.2. The molecular weight excluding hydrogens is 747 g/mol. The van der Waals surface area contributed by atoms with Crippen molar-refractivity contribution >= 4 is 47.6 Å². The van der Waals surface area contributed by atoms with Crippen LogP contribution in [0.25, 0.3) is 17.5 Å². The Bertz CT molecular complexity index is 1920. The quantitative estimate of drug-likeness (QED) is 0.315. The summed E-state index contributed by atoms with van der Waals surface area (Å²) < 4.78 is 43.4. The summed E-state index contributed by atoms with van der Waals surface area (Å²) in [6, 6.07) is 7.89. The molecule has 0 spiro atoms. The smallest absolute Gasteiger partial charge is 0.445 e. The zero-order valence-electron chi connectivity index (χ0n) is 31.4. The molecule has 2 fully saturated rings. The van der Waals surface area contributed by atoms with Crippen LogP contribution in [0.3, 0.4) is 0 Å². The SMILES string of the molecule is C=C[B-](F)(F)F.C=Cc1cc2c(cn1)CC(=O)C(C#N)=C2N1CCC(C)(OC)CC1.COC1(C)CCN(C2=C(C#N)C(=O)Cc3cnc(Cl)cc32)CC1.[K+]. The second-order valence-corrected chi connectivity index (χ2v) is 14.0. The fraction of sp³-hybridized carbons (Fsp3) is 0.421. The molecule has 6 rings (SSSR count). The number of piperidine rings is 2. The number of hydrogen-bond donors (Lipinski definition) is 0. The summed E-state index contributed by atoms with van der Waals surface area (Å²) in [6.07, 6.45) is 8.86. The van der Waals surface area contributed by atoms with Crippen molar-refractivity contribution in [1.82, 2.24) is 19.8 Å². The van der Waals surface area contributed by atoms with Crippen LogP contribution in [0.2, 0.25) is 5.15 Å². The van der Waals surface area contributed by atoms with Crippen molar-refractivity contribution in [2.24, 2.45) is 0 Å². The molecule has 280 valence electrons. The van der Waals surface area contributed by atoms with Gasteiger partial charge in [0.15, 0.2) is 11.6 Å². The Labute approximate surface area is 362 Å². The Balaban J connectivity index is 0.000000249. The maximum Gasteiger partial charge on any atom is 1.00 e. The monoisotopic (exact) mass is 788 g/mol.